The molecule has 0 aliphatic heterocycles. The maximum Gasteiger partial charge on any atom is 0.0591 e. The Labute approximate surface area is 96.6 Å². The van der Waals surface area contributed by atoms with Crippen molar-refractivity contribution in [1.82, 2.24) is 5.06 Å². The molecule has 14 heavy (non-hydrogen) atoms. The third-order valence-electron chi connectivity index (χ3n) is 2.55. The molecule has 1 aromatic rings. The van der Waals surface area contributed by atoms with Gasteiger partial charge in [-0.1, -0.05) is 0 Å². The zero-order chi connectivity index (χ0) is 10.1. The van der Waals surface area contributed by atoms with Gasteiger partial charge < -0.3 is 5.21 Å². The Morgan fingerprint density at radius 2 is 2.14 bits per heavy atom. The summed E-state index contributed by atoms with van der Waals surface area (Å²) in [7, 11) is 1.69. The van der Waals surface area contributed by atoms with Gasteiger partial charge in [-0.2, -0.15) is 5.06 Å². The van der Waals surface area contributed by atoms with Gasteiger partial charge in [-0.3, -0.25) is 0 Å². The highest BCUT2D eigenvalue weighted by atomic mass is 79.9. The Bertz CT molecular complexity index is 335. The van der Waals surface area contributed by atoms with Crippen LogP contribution in [0.1, 0.15) is 28.2 Å². The molecule has 0 aromatic carbocycles. The maximum atomic E-state index is 9.21. The molecule has 0 spiro atoms. The monoisotopic (exact) mass is 275 g/mol. The van der Waals surface area contributed by atoms with Crippen molar-refractivity contribution in [1.29, 1.82) is 0 Å². The van der Waals surface area contributed by atoms with Crippen LogP contribution in [0.4, 0.5) is 0 Å². The lowest BCUT2D eigenvalue weighted by atomic mass is 9.99. The van der Waals surface area contributed by atoms with E-state index < -0.39 is 0 Å². The normalized spacial score (nSPS) is 16.0. The smallest absolute Gasteiger partial charge is 0.0591 e. The van der Waals surface area contributed by atoms with Crippen LogP contribution in [0.3, 0.4) is 0 Å². The van der Waals surface area contributed by atoms with E-state index in [2.05, 4.69) is 15.9 Å². The van der Waals surface area contributed by atoms with Gasteiger partial charge in [0.2, 0.25) is 0 Å². The Kier molecular flexibility index (Phi) is 3.27. The number of rotatable bonds is 2. The molecule has 0 fully saturated rings. The van der Waals surface area contributed by atoms with E-state index in [1.54, 1.807) is 7.05 Å². The van der Waals surface area contributed by atoms with E-state index in [1.165, 1.54) is 50.5 Å². The first kappa shape index (κ1) is 10.6. The predicted molar refractivity (Wildman–Crippen MR) is 61.9 cm³/mol. The first-order valence-corrected chi connectivity index (χ1v) is 6.48. The van der Waals surface area contributed by atoms with Crippen LogP contribution in [0.5, 0.6) is 0 Å². The SMILES string of the molecule is CN(O)Cc1sc2c(c1Br)CCCC2. The minimum Gasteiger partial charge on any atom is -0.314 e. The van der Waals surface area contributed by atoms with Crippen LogP contribution in [0, 0.1) is 0 Å². The number of hydroxylamine groups is 2. The molecule has 2 rings (SSSR count). The summed E-state index contributed by atoms with van der Waals surface area (Å²) in [6, 6.07) is 0. The molecule has 1 aliphatic rings. The molecule has 1 aromatic heterocycles. The first-order valence-electron chi connectivity index (χ1n) is 4.87. The van der Waals surface area contributed by atoms with E-state index in [4.69, 9.17) is 0 Å². The summed E-state index contributed by atoms with van der Waals surface area (Å²) < 4.78 is 1.23. The highest BCUT2D eigenvalue weighted by molar-refractivity contribution is 9.10. The molecule has 0 radical (unpaired) electrons. The van der Waals surface area contributed by atoms with E-state index in [9.17, 15) is 5.21 Å². The van der Waals surface area contributed by atoms with E-state index in [0.717, 1.165) is 0 Å². The molecule has 1 N–H and O–H groups in total. The van der Waals surface area contributed by atoms with Gasteiger partial charge in [0.25, 0.3) is 0 Å². The molecule has 1 aliphatic carbocycles. The van der Waals surface area contributed by atoms with Crippen LogP contribution in [-0.4, -0.2) is 17.3 Å². The summed E-state index contributed by atoms with van der Waals surface area (Å²) in [5.41, 5.74) is 1.48. The average molecular weight is 276 g/mol. The molecular formula is C10H14BrNOS. The number of thiophene rings is 1. The number of halogens is 1. The molecule has 0 saturated carbocycles. The van der Waals surface area contributed by atoms with Crippen LogP contribution >= 0.6 is 27.3 Å². The fraction of sp³-hybridized carbons (Fsp3) is 0.600. The van der Waals surface area contributed by atoms with E-state index >= 15 is 0 Å². The second-order valence-electron chi connectivity index (χ2n) is 3.76. The van der Waals surface area contributed by atoms with Gasteiger partial charge in [-0.15, -0.1) is 11.3 Å². The van der Waals surface area contributed by atoms with Gasteiger partial charge in [-0.25, -0.2) is 0 Å². The summed E-state index contributed by atoms with van der Waals surface area (Å²) in [5.74, 6) is 0. The molecule has 0 saturated heterocycles. The molecule has 78 valence electrons. The molecule has 0 bridgehead atoms. The zero-order valence-electron chi connectivity index (χ0n) is 8.22. The number of hydrogen-bond acceptors (Lipinski definition) is 3. The van der Waals surface area contributed by atoms with E-state index in [-0.39, 0.29) is 0 Å². The Balaban J connectivity index is 2.29. The van der Waals surface area contributed by atoms with Crippen molar-refractivity contribution in [2.45, 2.75) is 32.2 Å². The quantitative estimate of drug-likeness (QED) is 0.838. The average Bonchev–Trinajstić information content (AvgIpc) is 2.44. The minimum absolute atomic E-state index is 0.623. The largest absolute Gasteiger partial charge is 0.314 e. The Morgan fingerprint density at radius 1 is 1.43 bits per heavy atom. The van der Waals surface area contributed by atoms with Crippen LogP contribution in [-0.2, 0) is 19.4 Å². The summed E-state index contributed by atoms with van der Waals surface area (Å²) >= 11 is 5.48. The lowest BCUT2D eigenvalue weighted by molar-refractivity contribution is -0.0725. The van der Waals surface area contributed by atoms with E-state index in [0.29, 0.717) is 6.54 Å². The lowest BCUT2D eigenvalue weighted by Gasteiger charge is -2.10. The third-order valence-corrected chi connectivity index (χ3v) is 5.04. The molecule has 2 nitrogen and oxygen atoms in total. The first-order chi connectivity index (χ1) is 6.68. The summed E-state index contributed by atoms with van der Waals surface area (Å²) in [5, 5.41) is 10.4. The van der Waals surface area contributed by atoms with Crippen LogP contribution < -0.4 is 0 Å². The van der Waals surface area contributed by atoms with Gasteiger partial charge in [0.15, 0.2) is 0 Å². The lowest BCUT2D eigenvalue weighted by Crippen LogP contribution is -2.10. The maximum absolute atomic E-state index is 9.21. The van der Waals surface area contributed by atoms with Crippen molar-refractivity contribution in [2.24, 2.45) is 0 Å². The Hall–Kier alpha value is 0.100. The van der Waals surface area contributed by atoms with Crippen LogP contribution in [0.15, 0.2) is 4.47 Å². The minimum atomic E-state index is 0.623. The number of aryl methyl sites for hydroxylation is 1. The van der Waals surface area contributed by atoms with E-state index in [1.807, 2.05) is 11.3 Å². The van der Waals surface area contributed by atoms with Crippen molar-refractivity contribution in [3.8, 4) is 0 Å². The highest BCUT2D eigenvalue weighted by Crippen LogP contribution is 2.38. The number of hydrogen-bond donors (Lipinski definition) is 1. The number of fused-ring (bicyclic) bond motifs is 1. The number of nitrogens with zero attached hydrogens (tertiary/aromatic N) is 1. The van der Waals surface area contributed by atoms with Gasteiger partial charge in [0.05, 0.1) is 6.54 Å². The van der Waals surface area contributed by atoms with Crippen molar-refractivity contribution < 1.29 is 5.21 Å². The van der Waals surface area contributed by atoms with Gasteiger partial charge >= 0.3 is 0 Å². The van der Waals surface area contributed by atoms with Crippen LogP contribution in [0.25, 0.3) is 0 Å². The Morgan fingerprint density at radius 3 is 2.79 bits per heavy atom. The highest BCUT2D eigenvalue weighted by Gasteiger charge is 2.19. The van der Waals surface area contributed by atoms with Gasteiger partial charge in [-0.05, 0) is 47.2 Å². The van der Waals surface area contributed by atoms with Crippen molar-refractivity contribution in [3.63, 3.8) is 0 Å². The van der Waals surface area contributed by atoms with Crippen molar-refractivity contribution in [3.05, 3.63) is 19.8 Å². The summed E-state index contributed by atoms with van der Waals surface area (Å²) in [6.07, 6.45) is 5.03. The van der Waals surface area contributed by atoms with Gasteiger partial charge in [0, 0.05) is 21.3 Å². The van der Waals surface area contributed by atoms with Gasteiger partial charge in [0.1, 0.15) is 0 Å². The van der Waals surface area contributed by atoms with Crippen molar-refractivity contribution >= 4 is 27.3 Å². The molecule has 4 heteroatoms. The molecular weight excluding hydrogens is 262 g/mol. The van der Waals surface area contributed by atoms with Crippen LogP contribution in [0.2, 0.25) is 0 Å². The topological polar surface area (TPSA) is 23.5 Å². The second kappa shape index (κ2) is 4.31. The predicted octanol–water partition coefficient (Wildman–Crippen LogP) is 3.21. The second-order valence-corrected chi connectivity index (χ2v) is 5.75. The molecule has 0 unspecified atom stereocenters. The standard InChI is InChI=1S/C10H14BrNOS/c1-12(13)6-9-10(11)7-4-2-3-5-8(7)14-9/h13H,2-6H2,1H3. The molecule has 0 atom stereocenters. The fourth-order valence-corrected chi connectivity index (χ4v) is 4.17. The molecule has 0 amide bonds. The third kappa shape index (κ3) is 2.03. The fourth-order valence-electron chi connectivity index (χ4n) is 1.89. The summed E-state index contributed by atoms with van der Waals surface area (Å²) in [6.45, 7) is 0.623. The van der Waals surface area contributed by atoms with Crippen molar-refractivity contribution in [2.75, 3.05) is 7.05 Å². The zero-order valence-corrected chi connectivity index (χ0v) is 10.6. The molecule has 1 heterocycles. The summed E-state index contributed by atoms with van der Waals surface area (Å²) in [4.78, 5) is 2.77.